The summed E-state index contributed by atoms with van der Waals surface area (Å²) in [5.41, 5.74) is -3.47. The Morgan fingerprint density at radius 1 is 0.548 bits per heavy atom. The molecule has 166 valence electrons. The van der Waals surface area contributed by atoms with Crippen LogP contribution in [0, 0.1) is 40.5 Å². The molecule has 0 heterocycles. The van der Waals surface area contributed by atoms with Crippen LogP contribution in [-0.2, 0) is 16.5 Å². The van der Waals surface area contributed by atoms with Crippen molar-refractivity contribution in [3.63, 3.8) is 0 Å². The van der Waals surface area contributed by atoms with Crippen molar-refractivity contribution in [3.05, 3.63) is 88.0 Å². The number of nitro groups is 4. The maximum Gasteiger partial charge on any atom is 0.336 e. The van der Waals surface area contributed by atoms with Crippen LogP contribution in [0.1, 0.15) is 20.7 Å². The largest absolute Gasteiger partial charge is 0.478 e. The van der Waals surface area contributed by atoms with Gasteiger partial charge >= 0.3 is 11.9 Å². The van der Waals surface area contributed by atoms with Crippen molar-refractivity contribution in [3.8, 4) is 0 Å². The van der Waals surface area contributed by atoms with Gasteiger partial charge in [0.2, 0.25) is 0 Å². The maximum absolute atomic E-state index is 10.5. The molecule has 17 heteroatoms. The van der Waals surface area contributed by atoms with Crippen molar-refractivity contribution in [2.24, 2.45) is 0 Å². The number of carbonyl (C=O) groups is 2. The van der Waals surface area contributed by atoms with Gasteiger partial charge in [0.25, 0.3) is 22.7 Å². The van der Waals surface area contributed by atoms with Crippen molar-refractivity contribution in [1.29, 1.82) is 0 Å². The Morgan fingerprint density at radius 3 is 0.871 bits per heavy atom. The van der Waals surface area contributed by atoms with Crippen LogP contribution in [0.15, 0.2) is 36.4 Å². The zero-order valence-corrected chi connectivity index (χ0v) is 15.5. The number of carboxylic acids is 2. The van der Waals surface area contributed by atoms with E-state index in [1.165, 1.54) is 0 Å². The average molecular weight is 483 g/mol. The molecule has 16 nitrogen and oxygen atoms in total. The summed E-state index contributed by atoms with van der Waals surface area (Å²) in [6.07, 6.45) is 0. The topological polar surface area (TPSA) is 247 Å². The second-order valence-corrected chi connectivity index (χ2v) is 5.11. The Balaban J connectivity index is 0.000000562. The average Bonchev–Trinajstić information content (AvgIpc) is 2.67. The third kappa shape index (κ3) is 7.43. The molecule has 0 aromatic heterocycles. The Morgan fingerprint density at radius 2 is 0.742 bits per heavy atom. The number of carboxylic acid groups (broad SMARTS) is 2. The minimum Gasteiger partial charge on any atom is -0.478 e. The molecule has 0 unspecified atom stereocenters. The number of hydrogen-bond donors (Lipinski definition) is 2. The van der Waals surface area contributed by atoms with E-state index in [0.29, 0.717) is 12.1 Å². The van der Waals surface area contributed by atoms with Crippen LogP contribution in [0.3, 0.4) is 0 Å². The molecule has 0 spiro atoms. The predicted molar refractivity (Wildman–Crippen MR) is 93.4 cm³/mol. The van der Waals surface area contributed by atoms with Gasteiger partial charge in [0.15, 0.2) is 0 Å². The third-order valence-electron chi connectivity index (χ3n) is 3.14. The molecule has 0 radical (unpaired) electrons. The summed E-state index contributed by atoms with van der Waals surface area (Å²) in [5.74, 6) is -2.91. The second kappa shape index (κ2) is 10.9. The summed E-state index contributed by atoms with van der Waals surface area (Å²) in [6, 6.07) is 4.44. The maximum atomic E-state index is 10.5. The molecule has 2 rings (SSSR count). The van der Waals surface area contributed by atoms with Crippen molar-refractivity contribution >= 4 is 34.7 Å². The summed E-state index contributed by atoms with van der Waals surface area (Å²) in [4.78, 5) is 58.8. The van der Waals surface area contributed by atoms with Crippen LogP contribution in [0.4, 0.5) is 22.7 Å². The SMILES string of the molecule is O=C(O)c1cc([N+](=O)[O-])cc([N+](=O)[O-])c1.O=C(O)c1cc([N+](=O)[O-])cc([N+](=O)[O-])c1.[Ni]. The van der Waals surface area contributed by atoms with Crippen molar-refractivity contribution in [2.75, 3.05) is 0 Å². The summed E-state index contributed by atoms with van der Waals surface area (Å²) in [5, 5.41) is 58.5. The molecule has 0 aliphatic rings. The first-order valence-corrected chi connectivity index (χ1v) is 7.17. The molecule has 31 heavy (non-hydrogen) atoms. The fourth-order valence-corrected chi connectivity index (χ4v) is 1.86. The number of nitrogens with zero attached hydrogens (tertiary/aromatic N) is 4. The monoisotopic (exact) mass is 482 g/mol. The van der Waals surface area contributed by atoms with Crippen molar-refractivity contribution < 1.29 is 56.0 Å². The van der Waals surface area contributed by atoms with E-state index >= 15 is 0 Å². The quantitative estimate of drug-likeness (QED) is 0.342. The second-order valence-electron chi connectivity index (χ2n) is 5.11. The summed E-state index contributed by atoms with van der Waals surface area (Å²) in [7, 11) is 0. The summed E-state index contributed by atoms with van der Waals surface area (Å²) >= 11 is 0. The molecule has 2 N–H and O–H groups in total. The first-order chi connectivity index (χ1) is 13.8. The minimum absolute atomic E-state index is 0. The number of benzene rings is 2. The first kappa shape index (κ1) is 26.5. The van der Waals surface area contributed by atoms with Crippen LogP contribution in [0.2, 0.25) is 0 Å². The Hall–Kier alpha value is -4.53. The molecule has 2 aromatic rings. The van der Waals surface area contributed by atoms with Gasteiger partial charge in [-0.2, -0.15) is 0 Å². The van der Waals surface area contributed by atoms with Crippen LogP contribution >= 0.6 is 0 Å². The van der Waals surface area contributed by atoms with Gasteiger partial charge < -0.3 is 10.2 Å². The van der Waals surface area contributed by atoms with Crippen LogP contribution in [-0.4, -0.2) is 41.8 Å². The molecular weight excluding hydrogens is 475 g/mol. The third-order valence-corrected chi connectivity index (χ3v) is 3.14. The van der Waals surface area contributed by atoms with Crippen molar-refractivity contribution in [1.82, 2.24) is 0 Å². The number of non-ortho nitro benzene ring substituents is 4. The van der Waals surface area contributed by atoms with E-state index in [9.17, 15) is 50.0 Å². The van der Waals surface area contributed by atoms with Gasteiger partial charge in [-0.05, 0) is 0 Å². The number of nitro benzene ring substituents is 4. The molecule has 0 aliphatic heterocycles. The molecule has 0 saturated heterocycles. The molecular formula is C14H8N4NiO12. The van der Waals surface area contributed by atoms with Gasteiger partial charge in [-0.3, -0.25) is 40.5 Å². The molecule has 0 fully saturated rings. The van der Waals surface area contributed by atoms with E-state index in [2.05, 4.69) is 0 Å². The zero-order valence-electron chi connectivity index (χ0n) is 14.5. The normalized spacial score (nSPS) is 9.29. The van der Waals surface area contributed by atoms with Crippen molar-refractivity contribution in [2.45, 2.75) is 0 Å². The molecule has 0 saturated carbocycles. The molecule has 0 bridgehead atoms. The van der Waals surface area contributed by atoms with Gasteiger partial charge in [0.05, 0.1) is 43.0 Å². The number of aromatic carboxylic acids is 2. The fraction of sp³-hybridized carbons (Fsp3) is 0. The van der Waals surface area contributed by atoms with E-state index in [1.54, 1.807) is 0 Å². The Labute approximate surface area is 179 Å². The van der Waals surface area contributed by atoms with E-state index in [4.69, 9.17) is 10.2 Å². The van der Waals surface area contributed by atoms with E-state index in [1.807, 2.05) is 0 Å². The molecule has 0 atom stereocenters. The summed E-state index contributed by atoms with van der Waals surface area (Å²) in [6.45, 7) is 0. The van der Waals surface area contributed by atoms with E-state index < -0.39 is 65.5 Å². The van der Waals surface area contributed by atoms with Gasteiger partial charge in [-0.15, -0.1) is 0 Å². The van der Waals surface area contributed by atoms with Gasteiger partial charge in [0, 0.05) is 40.8 Å². The molecule has 0 aliphatic carbocycles. The Kier molecular flexibility index (Phi) is 9.28. The fourth-order valence-electron chi connectivity index (χ4n) is 1.86. The smallest absolute Gasteiger partial charge is 0.336 e. The standard InChI is InChI=1S/2C7H4N2O6.Ni/c2*10-7(11)4-1-5(8(12)13)3-6(2-4)9(14)15;/h2*1-3H,(H,10,11);. The van der Waals surface area contributed by atoms with Gasteiger partial charge in [0.1, 0.15) is 0 Å². The first-order valence-electron chi connectivity index (χ1n) is 7.17. The predicted octanol–water partition coefficient (Wildman–Crippen LogP) is 2.40. The van der Waals surface area contributed by atoms with Gasteiger partial charge in [-0.25, -0.2) is 9.59 Å². The summed E-state index contributed by atoms with van der Waals surface area (Å²) < 4.78 is 0. The van der Waals surface area contributed by atoms with Crippen LogP contribution in [0.25, 0.3) is 0 Å². The number of hydrogen-bond acceptors (Lipinski definition) is 10. The van der Waals surface area contributed by atoms with Gasteiger partial charge in [-0.1, -0.05) is 0 Å². The van der Waals surface area contributed by atoms with E-state index in [-0.39, 0.29) is 16.5 Å². The number of rotatable bonds is 6. The van der Waals surface area contributed by atoms with Crippen LogP contribution in [0.5, 0.6) is 0 Å². The zero-order chi connectivity index (χ0) is 23.2. The van der Waals surface area contributed by atoms with Crippen LogP contribution < -0.4 is 0 Å². The van der Waals surface area contributed by atoms with E-state index in [0.717, 1.165) is 24.3 Å². The minimum atomic E-state index is -1.46. The molecule has 2 aromatic carbocycles. The Bertz CT molecular complexity index is 843. The molecule has 0 amide bonds.